The average molecular weight is 435 g/mol. The monoisotopic (exact) mass is 435 g/mol. The number of nitro benzene ring substituents is 1. The second kappa shape index (κ2) is 9.23. The van der Waals surface area contributed by atoms with Crippen LogP contribution in [0.3, 0.4) is 0 Å². The van der Waals surface area contributed by atoms with Crippen LogP contribution in [0, 0.1) is 17.0 Å². The minimum absolute atomic E-state index is 0.117. The molecule has 0 radical (unpaired) electrons. The van der Waals surface area contributed by atoms with Crippen molar-refractivity contribution in [1.29, 1.82) is 0 Å². The van der Waals surface area contributed by atoms with E-state index < -0.39 is 10.8 Å². The molecule has 0 atom stereocenters. The zero-order chi connectivity index (χ0) is 22.7. The summed E-state index contributed by atoms with van der Waals surface area (Å²) in [7, 11) is 0. The number of hydrogen-bond acceptors (Lipinski definition) is 6. The van der Waals surface area contributed by atoms with Gasteiger partial charge in [0.15, 0.2) is 0 Å². The van der Waals surface area contributed by atoms with E-state index in [0.717, 1.165) is 43.5 Å². The van der Waals surface area contributed by atoms with Crippen LogP contribution in [-0.4, -0.2) is 29.0 Å². The van der Waals surface area contributed by atoms with Gasteiger partial charge >= 0.3 is 0 Å². The highest BCUT2D eigenvalue weighted by atomic mass is 16.6. The number of benzene rings is 2. The van der Waals surface area contributed by atoms with Gasteiger partial charge in [-0.05, 0) is 56.0 Å². The Balaban J connectivity index is 1.66. The van der Waals surface area contributed by atoms with Crippen LogP contribution in [0.15, 0.2) is 52.9 Å². The Morgan fingerprint density at radius 3 is 2.59 bits per heavy atom. The maximum Gasteiger partial charge on any atom is 0.270 e. The number of amides is 1. The molecule has 2 heterocycles. The van der Waals surface area contributed by atoms with Crippen molar-refractivity contribution >= 4 is 23.0 Å². The lowest BCUT2D eigenvalue weighted by Crippen LogP contribution is -2.31. The number of aliphatic hydroxyl groups excluding tert-OH is 1. The number of non-ortho nitro benzene ring substituents is 1. The number of nitrogens with one attached hydrogen (secondary N) is 1. The van der Waals surface area contributed by atoms with E-state index in [1.807, 2.05) is 19.1 Å². The van der Waals surface area contributed by atoms with Crippen molar-refractivity contribution in [2.75, 3.05) is 23.3 Å². The van der Waals surface area contributed by atoms with Crippen LogP contribution < -0.4 is 10.2 Å². The molecule has 8 heteroatoms. The predicted octanol–water partition coefficient (Wildman–Crippen LogP) is 4.90. The number of anilines is 2. The SMILES string of the molecule is Cc1ccc(-c2ccc(CO)o2)cc1NC(=O)c1cc([N+](=O)[O-])ccc1N1CCCCC1. The summed E-state index contributed by atoms with van der Waals surface area (Å²) in [4.78, 5) is 26.3. The van der Waals surface area contributed by atoms with Gasteiger partial charge in [-0.1, -0.05) is 12.1 Å². The molecule has 0 saturated carbocycles. The van der Waals surface area contributed by atoms with E-state index in [-0.39, 0.29) is 17.9 Å². The van der Waals surface area contributed by atoms with E-state index in [0.29, 0.717) is 22.9 Å². The molecular weight excluding hydrogens is 410 g/mol. The molecule has 1 aromatic heterocycles. The maximum atomic E-state index is 13.3. The second-order valence-corrected chi connectivity index (χ2v) is 7.91. The Morgan fingerprint density at radius 2 is 1.91 bits per heavy atom. The van der Waals surface area contributed by atoms with Crippen LogP contribution >= 0.6 is 0 Å². The Labute approximate surface area is 185 Å². The largest absolute Gasteiger partial charge is 0.459 e. The molecule has 2 N–H and O–H groups in total. The van der Waals surface area contributed by atoms with Gasteiger partial charge in [0.25, 0.3) is 11.6 Å². The van der Waals surface area contributed by atoms with Gasteiger partial charge in [-0.15, -0.1) is 0 Å². The van der Waals surface area contributed by atoms with Crippen molar-refractivity contribution in [1.82, 2.24) is 0 Å². The number of piperidine rings is 1. The summed E-state index contributed by atoms with van der Waals surface area (Å²) in [5, 5.41) is 23.5. The third-order valence-corrected chi connectivity index (χ3v) is 5.72. The molecule has 4 rings (SSSR count). The zero-order valence-electron chi connectivity index (χ0n) is 17.8. The highest BCUT2D eigenvalue weighted by Crippen LogP contribution is 2.31. The molecular formula is C24H25N3O5. The fourth-order valence-corrected chi connectivity index (χ4v) is 3.95. The molecule has 0 spiro atoms. The van der Waals surface area contributed by atoms with Crippen molar-refractivity contribution in [3.63, 3.8) is 0 Å². The third kappa shape index (κ3) is 4.50. The first kappa shape index (κ1) is 21.6. The van der Waals surface area contributed by atoms with Gasteiger partial charge in [-0.3, -0.25) is 14.9 Å². The van der Waals surface area contributed by atoms with Crippen LogP contribution in [-0.2, 0) is 6.61 Å². The van der Waals surface area contributed by atoms with Crippen LogP contribution in [0.25, 0.3) is 11.3 Å². The smallest absolute Gasteiger partial charge is 0.270 e. The number of furan rings is 1. The first-order valence-electron chi connectivity index (χ1n) is 10.6. The fraction of sp³-hybridized carbons (Fsp3) is 0.292. The first-order valence-corrected chi connectivity index (χ1v) is 10.6. The van der Waals surface area contributed by atoms with Gasteiger partial charge in [0.1, 0.15) is 18.1 Å². The summed E-state index contributed by atoms with van der Waals surface area (Å²) in [6, 6.07) is 13.5. The molecule has 32 heavy (non-hydrogen) atoms. The summed E-state index contributed by atoms with van der Waals surface area (Å²) in [6.07, 6.45) is 3.19. The lowest BCUT2D eigenvalue weighted by molar-refractivity contribution is -0.384. The molecule has 8 nitrogen and oxygen atoms in total. The van der Waals surface area contributed by atoms with E-state index in [1.165, 1.54) is 12.1 Å². The summed E-state index contributed by atoms with van der Waals surface area (Å²) in [6.45, 7) is 3.32. The fourth-order valence-electron chi connectivity index (χ4n) is 3.95. The van der Waals surface area contributed by atoms with Crippen molar-refractivity contribution in [2.45, 2.75) is 32.8 Å². The van der Waals surface area contributed by atoms with Gasteiger partial charge in [0.05, 0.1) is 16.2 Å². The topological polar surface area (TPSA) is 109 Å². The van der Waals surface area contributed by atoms with E-state index in [4.69, 9.17) is 4.42 Å². The normalized spacial score (nSPS) is 13.8. The summed E-state index contributed by atoms with van der Waals surface area (Å²) >= 11 is 0. The maximum absolute atomic E-state index is 13.3. The Bertz CT molecular complexity index is 1150. The number of carbonyl (C=O) groups excluding carboxylic acids is 1. The Hall–Kier alpha value is -3.65. The Kier molecular flexibility index (Phi) is 6.23. The number of hydrogen-bond donors (Lipinski definition) is 2. The summed E-state index contributed by atoms with van der Waals surface area (Å²) in [5.74, 6) is 0.632. The molecule has 3 aromatic rings. The van der Waals surface area contributed by atoms with Crippen molar-refractivity contribution in [3.8, 4) is 11.3 Å². The molecule has 1 aliphatic heterocycles. The standard InChI is InChI=1S/C24H25N3O5/c1-16-5-6-17(23-10-8-19(15-28)32-23)13-21(16)25-24(29)20-14-18(27(30)31)7-9-22(20)26-11-3-2-4-12-26/h5-10,13-14,28H,2-4,11-12,15H2,1H3,(H,25,29). The van der Waals surface area contributed by atoms with Crippen LogP contribution in [0.5, 0.6) is 0 Å². The molecule has 1 saturated heterocycles. The molecule has 1 fully saturated rings. The molecule has 2 aromatic carbocycles. The number of rotatable bonds is 6. The van der Waals surface area contributed by atoms with E-state index in [9.17, 15) is 20.0 Å². The van der Waals surface area contributed by atoms with Crippen molar-refractivity contribution in [2.24, 2.45) is 0 Å². The van der Waals surface area contributed by atoms with Gasteiger partial charge in [0.2, 0.25) is 0 Å². The molecule has 0 aliphatic carbocycles. The van der Waals surface area contributed by atoms with Gasteiger partial charge < -0.3 is 19.7 Å². The quantitative estimate of drug-likeness (QED) is 0.421. The number of aryl methyl sites for hydroxylation is 1. The molecule has 166 valence electrons. The average Bonchev–Trinajstić information content (AvgIpc) is 3.30. The predicted molar refractivity (Wildman–Crippen MR) is 122 cm³/mol. The van der Waals surface area contributed by atoms with E-state index >= 15 is 0 Å². The van der Waals surface area contributed by atoms with E-state index in [2.05, 4.69) is 10.2 Å². The van der Waals surface area contributed by atoms with Crippen LogP contribution in [0.2, 0.25) is 0 Å². The highest BCUT2D eigenvalue weighted by Gasteiger charge is 2.22. The van der Waals surface area contributed by atoms with Crippen LogP contribution in [0.4, 0.5) is 17.1 Å². The van der Waals surface area contributed by atoms with Crippen molar-refractivity contribution < 1.29 is 19.2 Å². The molecule has 0 bridgehead atoms. The van der Waals surface area contributed by atoms with Gasteiger partial charge in [0, 0.05) is 36.5 Å². The molecule has 1 amide bonds. The van der Waals surface area contributed by atoms with Crippen molar-refractivity contribution in [3.05, 3.63) is 75.5 Å². The Morgan fingerprint density at radius 1 is 1.12 bits per heavy atom. The summed E-state index contributed by atoms with van der Waals surface area (Å²) < 4.78 is 5.60. The number of nitro groups is 1. The molecule has 1 aliphatic rings. The van der Waals surface area contributed by atoms with E-state index in [1.54, 1.807) is 24.3 Å². The van der Waals surface area contributed by atoms with Gasteiger partial charge in [-0.25, -0.2) is 0 Å². The zero-order valence-corrected chi connectivity index (χ0v) is 17.8. The minimum atomic E-state index is -0.488. The summed E-state index contributed by atoms with van der Waals surface area (Å²) in [5.41, 5.74) is 3.06. The number of aliphatic hydroxyl groups is 1. The lowest BCUT2D eigenvalue weighted by Gasteiger charge is -2.30. The minimum Gasteiger partial charge on any atom is -0.459 e. The van der Waals surface area contributed by atoms with Crippen LogP contribution in [0.1, 0.15) is 40.9 Å². The highest BCUT2D eigenvalue weighted by molar-refractivity contribution is 6.09. The third-order valence-electron chi connectivity index (χ3n) is 5.72. The lowest BCUT2D eigenvalue weighted by atomic mass is 10.0. The number of carbonyl (C=O) groups is 1. The van der Waals surface area contributed by atoms with Gasteiger partial charge in [-0.2, -0.15) is 0 Å². The molecule has 0 unspecified atom stereocenters. The second-order valence-electron chi connectivity index (χ2n) is 7.91. The number of nitrogens with zero attached hydrogens (tertiary/aromatic N) is 2. The first-order chi connectivity index (χ1) is 15.5.